The highest BCUT2D eigenvalue weighted by Gasteiger charge is 2.06. The van der Waals surface area contributed by atoms with Crippen LogP contribution in [0, 0.1) is 0 Å². The third kappa shape index (κ3) is 3.29. The Morgan fingerprint density at radius 3 is 2.69 bits per heavy atom. The Labute approximate surface area is 95.2 Å². The van der Waals surface area contributed by atoms with Crippen molar-refractivity contribution in [2.75, 3.05) is 32.7 Å². The van der Waals surface area contributed by atoms with Gasteiger partial charge >= 0.3 is 0 Å². The molecule has 0 saturated heterocycles. The quantitative estimate of drug-likeness (QED) is 0.656. The van der Waals surface area contributed by atoms with Gasteiger partial charge in [0, 0.05) is 18.7 Å². The minimum absolute atomic E-state index is 0.0501. The van der Waals surface area contributed by atoms with Gasteiger partial charge in [-0.15, -0.1) is 0 Å². The summed E-state index contributed by atoms with van der Waals surface area (Å²) in [5.74, 6) is 1.42. The van der Waals surface area contributed by atoms with E-state index in [-0.39, 0.29) is 12.6 Å². The topological polar surface area (TPSA) is 76.7 Å². The second-order valence-corrected chi connectivity index (χ2v) is 3.39. The number of hydrogen-bond donors (Lipinski definition) is 3. The maximum absolute atomic E-state index is 8.81. The Balaban J connectivity index is 2.71. The van der Waals surface area contributed by atoms with Crippen LogP contribution in [0.2, 0.25) is 0 Å². The molecule has 1 aromatic carbocycles. The van der Waals surface area contributed by atoms with E-state index in [2.05, 4.69) is 5.32 Å². The lowest BCUT2D eigenvalue weighted by molar-refractivity contribution is 0.270. The molecule has 0 fully saturated rings. The van der Waals surface area contributed by atoms with E-state index in [0.29, 0.717) is 12.3 Å². The summed E-state index contributed by atoms with van der Waals surface area (Å²) in [6, 6.07) is 5.18. The average Bonchev–Trinajstić information content (AvgIpc) is 2.35. The van der Waals surface area contributed by atoms with Gasteiger partial charge in [0.15, 0.2) is 0 Å². The molecule has 1 atom stereocenters. The number of aliphatic hydroxyl groups is 1. The largest absolute Gasteiger partial charge is 0.497 e. The number of nitrogens with two attached hydrogens (primary N) is 1. The van der Waals surface area contributed by atoms with E-state index in [9.17, 15) is 0 Å². The molecule has 0 amide bonds. The van der Waals surface area contributed by atoms with E-state index >= 15 is 0 Å². The van der Waals surface area contributed by atoms with Gasteiger partial charge in [-0.05, 0) is 12.1 Å². The number of nitrogens with one attached hydrogen (secondary N) is 1. The molecular formula is C11H18N2O3. The molecule has 90 valence electrons. The van der Waals surface area contributed by atoms with Gasteiger partial charge in [0.25, 0.3) is 0 Å². The van der Waals surface area contributed by atoms with E-state index in [0.717, 1.165) is 11.4 Å². The van der Waals surface area contributed by atoms with E-state index in [1.54, 1.807) is 20.3 Å². The van der Waals surface area contributed by atoms with Crippen molar-refractivity contribution in [2.45, 2.75) is 6.04 Å². The van der Waals surface area contributed by atoms with E-state index in [4.69, 9.17) is 20.3 Å². The zero-order chi connectivity index (χ0) is 12.0. The van der Waals surface area contributed by atoms with Crippen molar-refractivity contribution >= 4 is 5.69 Å². The van der Waals surface area contributed by atoms with Crippen LogP contribution in [0.15, 0.2) is 18.2 Å². The standard InChI is InChI=1S/C11H18N2O3/c1-15-9-3-4-10(11(5-9)16-2)13-6-8(12)7-14/h3-5,8,13-14H,6-7,12H2,1-2H3. The summed E-state index contributed by atoms with van der Waals surface area (Å²) in [7, 11) is 3.19. The van der Waals surface area contributed by atoms with Crippen LogP contribution < -0.4 is 20.5 Å². The normalized spacial score (nSPS) is 12.0. The Hall–Kier alpha value is -1.46. The summed E-state index contributed by atoms with van der Waals surface area (Å²) in [5.41, 5.74) is 6.42. The lowest BCUT2D eigenvalue weighted by Crippen LogP contribution is -2.32. The maximum atomic E-state index is 8.81. The van der Waals surface area contributed by atoms with E-state index < -0.39 is 0 Å². The molecule has 5 heteroatoms. The Morgan fingerprint density at radius 1 is 1.38 bits per heavy atom. The van der Waals surface area contributed by atoms with Crippen LogP contribution in [-0.4, -0.2) is 38.5 Å². The highest BCUT2D eigenvalue weighted by atomic mass is 16.5. The molecule has 0 bridgehead atoms. The molecule has 1 rings (SSSR count). The second-order valence-electron chi connectivity index (χ2n) is 3.39. The van der Waals surface area contributed by atoms with Crippen LogP contribution >= 0.6 is 0 Å². The van der Waals surface area contributed by atoms with Gasteiger partial charge in [0.1, 0.15) is 11.5 Å². The molecule has 1 aromatic rings. The fraction of sp³-hybridized carbons (Fsp3) is 0.455. The predicted molar refractivity (Wildman–Crippen MR) is 63.1 cm³/mol. The second kappa shape index (κ2) is 6.19. The lowest BCUT2D eigenvalue weighted by atomic mass is 10.2. The first-order chi connectivity index (χ1) is 7.71. The van der Waals surface area contributed by atoms with Crippen LogP contribution in [0.25, 0.3) is 0 Å². The fourth-order valence-corrected chi connectivity index (χ4v) is 1.25. The number of methoxy groups -OCH3 is 2. The van der Waals surface area contributed by atoms with E-state index in [1.807, 2.05) is 12.1 Å². The predicted octanol–water partition coefficient (Wildman–Crippen LogP) is 0.435. The molecule has 0 aliphatic heterocycles. The number of aliphatic hydroxyl groups excluding tert-OH is 1. The summed E-state index contributed by atoms with van der Waals surface area (Å²) in [5, 5.41) is 11.9. The average molecular weight is 226 g/mol. The first-order valence-electron chi connectivity index (χ1n) is 5.03. The summed E-state index contributed by atoms with van der Waals surface area (Å²) < 4.78 is 10.3. The highest BCUT2D eigenvalue weighted by molar-refractivity contribution is 5.59. The van der Waals surface area contributed by atoms with E-state index in [1.165, 1.54) is 0 Å². The van der Waals surface area contributed by atoms with Gasteiger partial charge in [-0.1, -0.05) is 0 Å². The molecule has 0 saturated carbocycles. The summed E-state index contributed by atoms with van der Waals surface area (Å²) in [4.78, 5) is 0. The zero-order valence-electron chi connectivity index (χ0n) is 9.56. The van der Waals surface area contributed by atoms with Gasteiger partial charge in [-0.25, -0.2) is 0 Å². The third-order valence-corrected chi connectivity index (χ3v) is 2.20. The summed E-state index contributed by atoms with van der Waals surface area (Å²) in [6.45, 7) is 0.435. The molecule has 1 unspecified atom stereocenters. The first kappa shape index (κ1) is 12.6. The number of benzene rings is 1. The zero-order valence-corrected chi connectivity index (χ0v) is 9.56. The highest BCUT2D eigenvalue weighted by Crippen LogP contribution is 2.28. The minimum atomic E-state index is -0.285. The van der Waals surface area contributed by atoms with Crippen molar-refractivity contribution in [3.8, 4) is 11.5 Å². The summed E-state index contributed by atoms with van der Waals surface area (Å²) >= 11 is 0. The number of anilines is 1. The monoisotopic (exact) mass is 226 g/mol. The van der Waals surface area contributed by atoms with Crippen LogP contribution in [0.1, 0.15) is 0 Å². The fourth-order valence-electron chi connectivity index (χ4n) is 1.25. The van der Waals surface area contributed by atoms with Gasteiger partial charge in [-0.3, -0.25) is 0 Å². The smallest absolute Gasteiger partial charge is 0.145 e. The van der Waals surface area contributed by atoms with Crippen molar-refractivity contribution in [3.05, 3.63) is 18.2 Å². The lowest BCUT2D eigenvalue weighted by Gasteiger charge is -2.14. The molecule has 4 N–H and O–H groups in total. The molecule has 0 radical (unpaired) electrons. The van der Waals surface area contributed by atoms with Crippen molar-refractivity contribution < 1.29 is 14.6 Å². The van der Waals surface area contributed by atoms with Crippen LogP contribution in [0.3, 0.4) is 0 Å². The number of hydrogen-bond acceptors (Lipinski definition) is 5. The van der Waals surface area contributed by atoms with Crippen molar-refractivity contribution in [2.24, 2.45) is 5.73 Å². The molecule has 0 spiro atoms. The molecule has 5 nitrogen and oxygen atoms in total. The van der Waals surface area contributed by atoms with Crippen LogP contribution in [-0.2, 0) is 0 Å². The van der Waals surface area contributed by atoms with Gasteiger partial charge < -0.3 is 25.6 Å². The van der Waals surface area contributed by atoms with Gasteiger partial charge in [0.2, 0.25) is 0 Å². The van der Waals surface area contributed by atoms with Crippen molar-refractivity contribution in [3.63, 3.8) is 0 Å². The van der Waals surface area contributed by atoms with Crippen LogP contribution in [0.5, 0.6) is 11.5 Å². The molecule has 0 heterocycles. The Morgan fingerprint density at radius 2 is 2.12 bits per heavy atom. The Kier molecular flexibility index (Phi) is 4.88. The van der Waals surface area contributed by atoms with Crippen molar-refractivity contribution in [1.82, 2.24) is 0 Å². The number of rotatable bonds is 6. The van der Waals surface area contributed by atoms with Gasteiger partial charge in [-0.2, -0.15) is 0 Å². The molecule has 0 aliphatic carbocycles. The molecular weight excluding hydrogens is 208 g/mol. The number of ether oxygens (including phenoxy) is 2. The minimum Gasteiger partial charge on any atom is -0.497 e. The van der Waals surface area contributed by atoms with Gasteiger partial charge in [0.05, 0.1) is 26.5 Å². The third-order valence-electron chi connectivity index (χ3n) is 2.20. The van der Waals surface area contributed by atoms with Crippen molar-refractivity contribution in [1.29, 1.82) is 0 Å². The molecule has 0 aromatic heterocycles. The Bertz CT molecular complexity index is 331. The maximum Gasteiger partial charge on any atom is 0.145 e. The molecule has 0 aliphatic rings. The molecule has 16 heavy (non-hydrogen) atoms. The van der Waals surface area contributed by atoms with Crippen LogP contribution in [0.4, 0.5) is 5.69 Å². The first-order valence-corrected chi connectivity index (χ1v) is 5.03. The summed E-state index contributed by atoms with van der Waals surface area (Å²) in [6.07, 6.45) is 0. The SMILES string of the molecule is COc1ccc(NCC(N)CO)c(OC)c1.